The molecule has 2 unspecified atom stereocenters. The molecule has 5 nitrogen and oxygen atoms in total. The molecule has 5 heteroatoms. The van der Waals surface area contributed by atoms with Crippen molar-refractivity contribution in [2.45, 2.75) is 32.5 Å². The average molecular weight is 278 g/mol. The Hall–Kier alpha value is -1.46. The molecular weight excluding hydrogens is 256 g/mol. The van der Waals surface area contributed by atoms with E-state index in [4.69, 9.17) is 14.2 Å². The van der Waals surface area contributed by atoms with Crippen molar-refractivity contribution in [3.8, 4) is 17.2 Å². The van der Waals surface area contributed by atoms with E-state index in [2.05, 4.69) is 30.1 Å². The normalized spacial score (nSPS) is 25.8. The molecule has 20 heavy (non-hydrogen) atoms. The zero-order valence-corrected chi connectivity index (χ0v) is 12.3. The summed E-state index contributed by atoms with van der Waals surface area (Å²) in [6.45, 7) is 7.74. The number of methoxy groups -OCH3 is 1. The van der Waals surface area contributed by atoms with Crippen molar-refractivity contribution in [2.75, 3.05) is 27.0 Å². The molecule has 110 valence electrons. The molecule has 0 aromatic heterocycles. The zero-order chi connectivity index (χ0) is 14.1. The molecule has 2 aliphatic rings. The molecule has 1 aromatic carbocycles. The Morgan fingerprint density at radius 3 is 2.70 bits per heavy atom. The first kappa shape index (κ1) is 13.5. The molecular formula is C15H22N2O3. The first-order valence-corrected chi connectivity index (χ1v) is 7.10. The molecule has 0 aliphatic carbocycles. The Bertz CT molecular complexity index is 482. The van der Waals surface area contributed by atoms with Crippen LogP contribution in [0, 0.1) is 0 Å². The molecule has 0 radical (unpaired) electrons. The predicted octanol–water partition coefficient (Wildman–Crippen LogP) is 1.61. The van der Waals surface area contributed by atoms with Gasteiger partial charge >= 0.3 is 0 Å². The van der Waals surface area contributed by atoms with Crippen LogP contribution < -0.4 is 19.5 Å². The lowest BCUT2D eigenvalue weighted by molar-refractivity contribution is 0.166. The third-order valence-corrected chi connectivity index (χ3v) is 3.76. The molecule has 1 aromatic rings. The van der Waals surface area contributed by atoms with Crippen LogP contribution in [0.2, 0.25) is 0 Å². The van der Waals surface area contributed by atoms with Crippen molar-refractivity contribution in [1.82, 2.24) is 10.2 Å². The molecule has 1 fully saturated rings. The van der Waals surface area contributed by atoms with Crippen LogP contribution in [0.25, 0.3) is 0 Å². The fourth-order valence-electron chi connectivity index (χ4n) is 3.10. The molecule has 3 rings (SSSR count). The Balaban J connectivity index is 1.77. The molecule has 0 bridgehead atoms. The monoisotopic (exact) mass is 278 g/mol. The van der Waals surface area contributed by atoms with Crippen LogP contribution in [0.1, 0.15) is 19.4 Å². The predicted molar refractivity (Wildman–Crippen MR) is 76.5 cm³/mol. The molecule has 1 saturated heterocycles. The van der Waals surface area contributed by atoms with Gasteiger partial charge in [0.25, 0.3) is 0 Å². The highest BCUT2D eigenvalue weighted by Crippen LogP contribution is 2.42. The fraction of sp³-hybridized carbons (Fsp3) is 0.600. The smallest absolute Gasteiger partial charge is 0.231 e. The summed E-state index contributed by atoms with van der Waals surface area (Å²) in [6, 6.07) is 5.15. The first-order valence-electron chi connectivity index (χ1n) is 7.10. The molecule has 0 saturated carbocycles. The van der Waals surface area contributed by atoms with Crippen LogP contribution in [0.5, 0.6) is 17.2 Å². The van der Waals surface area contributed by atoms with Crippen LogP contribution in [0.15, 0.2) is 12.1 Å². The third kappa shape index (κ3) is 2.69. The minimum Gasteiger partial charge on any atom is -0.493 e. The van der Waals surface area contributed by atoms with Crippen molar-refractivity contribution >= 4 is 0 Å². The lowest BCUT2D eigenvalue weighted by atomic mass is 10.1. The fourth-order valence-corrected chi connectivity index (χ4v) is 3.10. The largest absolute Gasteiger partial charge is 0.493 e. The summed E-state index contributed by atoms with van der Waals surface area (Å²) < 4.78 is 16.3. The summed E-state index contributed by atoms with van der Waals surface area (Å²) in [4.78, 5) is 2.46. The Morgan fingerprint density at radius 1 is 1.25 bits per heavy atom. The number of nitrogens with zero attached hydrogens (tertiary/aromatic N) is 1. The maximum absolute atomic E-state index is 5.48. The van der Waals surface area contributed by atoms with Crippen LogP contribution in [-0.4, -0.2) is 44.0 Å². The van der Waals surface area contributed by atoms with E-state index in [1.54, 1.807) is 7.11 Å². The second-order valence-corrected chi connectivity index (χ2v) is 5.69. The van der Waals surface area contributed by atoms with Crippen LogP contribution >= 0.6 is 0 Å². The lowest BCUT2D eigenvalue weighted by Gasteiger charge is -2.36. The summed E-state index contributed by atoms with van der Waals surface area (Å²) in [5.41, 5.74) is 1.20. The summed E-state index contributed by atoms with van der Waals surface area (Å²) >= 11 is 0. The molecule has 1 N–H and O–H groups in total. The number of nitrogens with one attached hydrogen (secondary N) is 1. The minimum absolute atomic E-state index is 0.275. The van der Waals surface area contributed by atoms with Gasteiger partial charge in [-0.2, -0.15) is 0 Å². The second kappa shape index (κ2) is 5.50. The van der Waals surface area contributed by atoms with Crippen molar-refractivity contribution in [3.05, 3.63) is 17.7 Å². The summed E-state index contributed by atoms with van der Waals surface area (Å²) in [5, 5.41) is 3.55. The van der Waals surface area contributed by atoms with Gasteiger partial charge in [0.1, 0.15) is 0 Å². The maximum Gasteiger partial charge on any atom is 0.231 e. The van der Waals surface area contributed by atoms with Gasteiger partial charge in [0.15, 0.2) is 11.5 Å². The van der Waals surface area contributed by atoms with Crippen LogP contribution in [0.4, 0.5) is 0 Å². The van der Waals surface area contributed by atoms with Gasteiger partial charge in [0.05, 0.1) is 7.11 Å². The lowest BCUT2D eigenvalue weighted by Crippen LogP contribution is -2.53. The number of ether oxygens (including phenoxy) is 3. The van der Waals surface area contributed by atoms with Crippen molar-refractivity contribution in [3.63, 3.8) is 0 Å². The van der Waals surface area contributed by atoms with Gasteiger partial charge in [0.2, 0.25) is 12.5 Å². The van der Waals surface area contributed by atoms with Gasteiger partial charge in [-0.15, -0.1) is 0 Å². The number of hydrogen-bond acceptors (Lipinski definition) is 5. The summed E-state index contributed by atoms with van der Waals surface area (Å²) in [7, 11) is 1.66. The maximum atomic E-state index is 5.48. The number of piperazine rings is 1. The number of fused-ring (bicyclic) bond motifs is 1. The topological polar surface area (TPSA) is 43.0 Å². The number of rotatable bonds is 3. The van der Waals surface area contributed by atoms with E-state index in [-0.39, 0.29) is 6.79 Å². The third-order valence-electron chi connectivity index (χ3n) is 3.76. The van der Waals surface area contributed by atoms with Gasteiger partial charge in [-0.25, -0.2) is 0 Å². The summed E-state index contributed by atoms with van der Waals surface area (Å²) in [5.74, 6) is 2.26. The highest BCUT2D eigenvalue weighted by Gasteiger charge is 2.24. The Morgan fingerprint density at radius 2 is 2.00 bits per heavy atom. The van der Waals surface area contributed by atoms with Crippen LogP contribution in [-0.2, 0) is 6.54 Å². The minimum atomic E-state index is 0.275. The van der Waals surface area contributed by atoms with E-state index in [0.29, 0.717) is 12.1 Å². The summed E-state index contributed by atoms with van der Waals surface area (Å²) in [6.07, 6.45) is 0. The Kier molecular flexibility index (Phi) is 3.72. The number of benzene rings is 1. The standard InChI is InChI=1S/C15H22N2O3/c1-10-6-17(7-11(2)16-10)8-12-4-13(18-3)15-14(5-12)19-9-20-15/h4-5,10-11,16H,6-9H2,1-3H3. The molecule has 2 atom stereocenters. The average Bonchev–Trinajstić information content (AvgIpc) is 2.84. The van der Waals surface area contributed by atoms with Gasteiger partial charge in [-0.05, 0) is 31.5 Å². The van der Waals surface area contributed by atoms with E-state index in [0.717, 1.165) is 36.9 Å². The first-order chi connectivity index (χ1) is 9.65. The van der Waals surface area contributed by atoms with E-state index in [1.807, 2.05) is 6.07 Å². The zero-order valence-electron chi connectivity index (χ0n) is 12.3. The van der Waals surface area contributed by atoms with E-state index in [9.17, 15) is 0 Å². The van der Waals surface area contributed by atoms with E-state index in [1.165, 1.54) is 5.56 Å². The van der Waals surface area contributed by atoms with Gasteiger partial charge in [-0.1, -0.05) is 0 Å². The highest BCUT2D eigenvalue weighted by molar-refractivity contribution is 5.55. The number of hydrogen-bond donors (Lipinski definition) is 1. The SMILES string of the molecule is COc1cc(CN2CC(C)NC(C)C2)cc2c1OCO2. The highest BCUT2D eigenvalue weighted by atomic mass is 16.7. The van der Waals surface area contributed by atoms with Gasteiger partial charge in [0, 0.05) is 31.7 Å². The molecule has 2 heterocycles. The van der Waals surface area contributed by atoms with Crippen LogP contribution in [0.3, 0.4) is 0 Å². The quantitative estimate of drug-likeness (QED) is 0.910. The van der Waals surface area contributed by atoms with E-state index < -0.39 is 0 Å². The van der Waals surface area contributed by atoms with Gasteiger partial charge < -0.3 is 19.5 Å². The second-order valence-electron chi connectivity index (χ2n) is 5.69. The van der Waals surface area contributed by atoms with Crippen molar-refractivity contribution < 1.29 is 14.2 Å². The molecule has 0 amide bonds. The van der Waals surface area contributed by atoms with Gasteiger partial charge in [-0.3, -0.25) is 4.90 Å². The van der Waals surface area contributed by atoms with E-state index >= 15 is 0 Å². The molecule has 2 aliphatic heterocycles. The Labute approximate surface area is 119 Å². The van der Waals surface area contributed by atoms with Crippen molar-refractivity contribution in [1.29, 1.82) is 0 Å². The van der Waals surface area contributed by atoms with Crippen molar-refractivity contribution in [2.24, 2.45) is 0 Å². The molecule has 0 spiro atoms.